The second-order valence-electron chi connectivity index (χ2n) is 23.5. The number of nitrogen functional groups attached to an aromatic ring is 1. The number of carboxylic acid groups (broad SMARTS) is 1. The molecular weight excluding hydrogens is 1400 g/mol. The van der Waals surface area contributed by atoms with E-state index in [0.29, 0.717) is 17.3 Å². The van der Waals surface area contributed by atoms with E-state index in [2.05, 4.69) is 108 Å². The molecule has 38 heteroatoms. The van der Waals surface area contributed by atoms with Gasteiger partial charge in [-0.25, -0.2) is 44.7 Å². The number of nitrogens with two attached hydrogens (primary N) is 1. The number of aryl methyl sites for hydroxylation is 13. The van der Waals surface area contributed by atoms with Crippen molar-refractivity contribution in [1.29, 1.82) is 5.26 Å². The van der Waals surface area contributed by atoms with Crippen LogP contribution in [0.1, 0.15) is 133 Å². The molecule has 11 aromatic rings. The summed E-state index contributed by atoms with van der Waals surface area (Å²) in [5.74, 6) is -1.51. The van der Waals surface area contributed by atoms with Gasteiger partial charge in [0.05, 0.1) is 17.4 Å². The van der Waals surface area contributed by atoms with Crippen LogP contribution in [-0.2, 0) is 77.0 Å². The number of anilines is 7. The molecule has 10 heterocycles. The molecule has 0 radical (unpaired) electrons. The zero-order valence-electron chi connectivity index (χ0n) is 60.7. The predicted octanol–water partition coefficient (Wildman–Crippen LogP) is 8.27. The molecular formula is C67H87Cl2N27O9. The lowest BCUT2D eigenvalue weighted by atomic mass is 10.1. The number of imidazole rings is 8. The summed E-state index contributed by atoms with van der Waals surface area (Å²) >= 11 is 11.5. The van der Waals surface area contributed by atoms with E-state index in [1.807, 2.05) is 76.3 Å². The smallest absolute Gasteiger partial charge is 0.372 e. The summed E-state index contributed by atoms with van der Waals surface area (Å²) in [6.45, 7) is 12.3. The lowest BCUT2D eigenvalue weighted by Crippen LogP contribution is -2.18. The molecule has 0 aliphatic carbocycles. The van der Waals surface area contributed by atoms with Gasteiger partial charge in [0.2, 0.25) is 23.3 Å². The summed E-state index contributed by atoms with van der Waals surface area (Å²) in [6.07, 6.45) is 20.7. The van der Waals surface area contributed by atoms with Crippen molar-refractivity contribution in [1.82, 2.24) is 90.4 Å². The fraction of sp³-hybridized carbons (Fsp3) is 0.269. The first-order chi connectivity index (χ1) is 49.5. The number of hydrogen-bond acceptors (Lipinski definition) is 19. The number of carboxylic acids is 1. The van der Waals surface area contributed by atoms with Gasteiger partial charge in [-0.1, -0.05) is 41.4 Å². The van der Waals surface area contributed by atoms with Gasteiger partial charge in [-0.3, -0.25) is 33.6 Å². The third kappa shape index (κ3) is 22.4. The number of halogens is 2. The Balaban J connectivity index is 0.000000358. The number of rotatable bonds is 17. The van der Waals surface area contributed by atoms with Gasteiger partial charge in [0.15, 0.2) is 46.6 Å². The molecule has 9 N–H and O–H groups in total. The molecule has 558 valence electrons. The van der Waals surface area contributed by atoms with E-state index < -0.39 is 40.7 Å². The van der Waals surface area contributed by atoms with Crippen molar-refractivity contribution in [2.75, 3.05) is 44.7 Å². The molecule has 0 aliphatic rings. The number of carbonyl (C=O) groups excluding carboxylic acids is 7. The number of benzene rings is 1. The van der Waals surface area contributed by atoms with Crippen LogP contribution in [0.3, 0.4) is 0 Å². The number of aromatic nitrogens is 18. The van der Waals surface area contributed by atoms with Crippen LogP contribution < -0.4 is 37.6 Å². The predicted molar refractivity (Wildman–Crippen MR) is 400 cm³/mol. The average Bonchev–Trinajstić information content (AvgIpc) is 1.67. The molecule has 0 saturated heterocycles. The highest BCUT2D eigenvalue weighted by Gasteiger charge is 2.23. The lowest BCUT2D eigenvalue weighted by Gasteiger charge is -2.19. The summed E-state index contributed by atoms with van der Waals surface area (Å²) < 4.78 is 15.8. The summed E-state index contributed by atoms with van der Waals surface area (Å²) in [7, 11) is 19.0. The van der Waals surface area contributed by atoms with Crippen molar-refractivity contribution >= 4 is 110 Å². The first-order valence-electron chi connectivity index (χ1n) is 31.3. The Morgan fingerprint density at radius 3 is 1.08 bits per heavy atom. The maximum absolute atomic E-state index is 12.8. The number of allylic oxidation sites excluding steroid dienone is 1. The Morgan fingerprint density at radius 2 is 0.790 bits per heavy atom. The van der Waals surface area contributed by atoms with Crippen LogP contribution in [0.15, 0.2) is 128 Å². The highest BCUT2D eigenvalue weighted by atomic mass is 35.5. The van der Waals surface area contributed by atoms with Crippen molar-refractivity contribution in [3.63, 3.8) is 0 Å². The van der Waals surface area contributed by atoms with Crippen molar-refractivity contribution in [3.05, 3.63) is 197 Å². The topological polar surface area (TPSA) is 434 Å². The molecule has 10 aromatic heterocycles. The third-order valence-electron chi connectivity index (χ3n) is 14.7. The highest BCUT2D eigenvalue weighted by Crippen LogP contribution is 2.20. The fourth-order valence-electron chi connectivity index (χ4n) is 9.33. The molecule has 0 fully saturated rings. The Labute approximate surface area is 617 Å². The Hall–Kier alpha value is -13.2. The largest absolute Gasteiger partial charge is 0.475 e. The molecule has 0 bridgehead atoms. The van der Waals surface area contributed by atoms with E-state index in [1.165, 1.54) is 86.7 Å². The number of aromatic carboxylic acids is 1. The Kier molecular flexibility index (Phi) is 28.0. The standard InChI is InChI=1S/C21H24N10O3.C13H18ClN.C11H15N5O.C10H10ClN5O2.C10H11N5O3.C2H3N.3H2/c1-12-8-13(9-29(12)3)23-20(33)17-24-15(11-30(17)4)27-21(34)18-25-14(10-31(18)5)26-19(32)16-22-6-7-28(16)2;1-10(2)13(14)15(4)9-12-7-5-11(3)6-8-12;1-7-4-8(5-15(7)2)13-11(17)10-14-9(12)6-16(10)3;1-15-4-3-12-9(15)10(18)14-6-5-16(2)8(13-6)7(11)17;1-14-4-3-11-7(14)9(16)13-6-5-15(2)8(12-6)10(17)18;1-2-3;;;/h6-11H,1-5H3,(H,23,33)(H,26,32)(H,27,34);5-8H,9H2,1-4H3;4-6H,12H2,1-3H3,(H,13,17);3-5H,1-2H3,(H,14,18);3-5H,1-2H3,(H,13,16)(H,17,18);1H3;3*1H. The van der Waals surface area contributed by atoms with E-state index in [1.54, 1.807) is 105 Å². The average molecular weight is 1490 g/mol. The molecule has 0 atom stereocenters. The normalized spacial score (nSPS) is 10.3. The Bertz CT molecular complexity index is 4880. The van der Waals surface area contributed by atoms with Gasteiger partial charge >= 0.3 is 5.97 Å². The van der Waals surface area contributed by atoms with Gasteiger partial charge in [-0.05, 0) is 69.5 Å². The van der Waals surface area contributed by atoms with Crippen molar-refractivity contribution in [3.8, 4) is 6.07 Å². The van der Waals surface area contributed by atoms with Crippen LogP contribution in [0.25, 0.3) is 0 Å². The number of carbonyl (C=O) groups is 8. The van der Waals surface area contributed by atoms with Gasteiger partial charge in [-0.15, -0.1) is 0 Å². The van der Waals surface area contributed by atoms with E-state index in [4.69, 9.17) is 39.3 Å². The second-order valence-corrected chi connectivity index (χ2v) is 24.3. The van der Waals surface area contributed by atoms with Crippen molar-refractivity contribution in [2.24, 2.45) is 70.5 Å². The molecule has 0 saturated carbocycles. The number of nitrogens with zero attached hydrogens (tertiary/aromatic N) is 20. The van der Waals surface area contributed by atoms with Crippen LogP contribution >= 0.6 is 23.2 Å². The second kappa shape index (κ2) is 36.4. The molecule has 0 aliphatic heterocycles. The van der Waals surface area contributed by atoms with Crippen LogP contribution in [0.2, 0.25) is 0 Å². The first-order valence-corrected chi connectivity index (χ1v) is 32.1. The summed E-state index contributed by atoms with van der Waals surface area (Å²) in [5, 5.41) is 32.1. The molecule has 6 amide bonds. The van der Waals surface area contributed by atoms with E-state index >= 15 is 0 Å². The van der Waals surface area contributed by atoms with Crippen LogP contribution in [0.5, 0.6) is 0 Å². The SMILES string of the molecule is CC#N.CC(C)=C(Cl)N(C)Cc1ccc(C)cc1.Cc1cc(NC(=O)c2nc(N)cn2C)cn1C.Cc1cc(NC(=O)c2nc(NC(=O)c3nc(NC(=O)c4nccn4C)cn3C)cn2C)cn1C.Cn1cc(NC(=O)c2nccn2C)nc1C(=O)Cl.Cn1cc(NC(=O)c2nccn2C)nc1C(=O)O.[HH].[HH].[HH]. The summed E-state index contributed by atoms with van der Waals surface area (Å²) in [6, 6.07) is 14.0. The molecule has 11 rings (SSSR count). The van der Waals surface area contributed by atoms with E-state index in [0.717, 1.165) is 34.3 Å². The van der Waals surface area contributed by atoms with Crippen LogP contribution in [0, 0.1) is 32.1 Å². The van der Waals surface area contributed by atoms with Crippen molar-refractivity contribution in [2.45, 2.75) is 48.1 Å². The van der Waals surface area contributed by atoms with Gasteiger partial charge in [0.1, 0.15) is 11.0 Å². The fourth-order valence-corrected chi connectivity index (χ4v) is 9.57. The molecule has 0 spiro atoms. The molecule has 36 nitrogen and oxygen atoms in total. The van der Waals surface area contributed by atoms with Gasteiger partial charge < -0.3 is 93.3 Å². The maximum atomic E-state index is 12.8. The van der Waals surface area contributed by atoms with Gasteiger partial charge in [-0.2, -0.15) is 5.26 Å². The summed E-state index contributed by atoms with van der Waals surface area (Å²) in [4.78, 5) is 129. The zero-order valence-corrected chi connectivity index (χ0v) is 62.2. The minimum Gasteiger partial charge on any atom is -0.475 e. The molecule has 0 unspecified atom stereocenters. The first kappa shape index (κ1) is 80.8. The lowest BCUT2D eigenvalue weighted by molar-refractivity contribution is 0.0678. The number of nitrogens with one attached hydrogen (secondary N) is 6. The van der Waals surface area contributed by atoms with Crippen molar-refractivity contribution < 1.29 is 47.7 Å². The zero-order chi connectivity index (χ0) is 77.8. The quantitative estimate of drug-likeness (QED) is 0.0314. The number of hydrogen-bond donors (Lipinski definition) is 8. The maximum Gasteiger partial charge on any atom is 0.372 e. The van der Waals surface area contributed by atoms with Crippen LogP contribution in [0.4, 0.5) is 40.5 Å². The highest BCUT2D eigenvalue weighted by molar-refractivity contribution is 6.67. The van der Waals surface area contributed by atoms with Gasteiger partial charge in [0.25, 0.3) is 40.7 Å². The Morgan fingerprint density at radius 1 is 0.476 bits per heavy atom. The number of nitriles is 1. The summed E-state index contributed by atoms with van der Waals surface area (Å²) in [5.41, 5.74) is 12.7. The van der Waals surface area contributed by atoms with E-state index in [9.17, 15) is 38.4 Å². The molecule has 1 aromatic carbocycles. The van der Waals surface area contributed by atoms with Crippen LogP contribution in [-0.4, -0.2) is 149 Å². The van der Waals surface area contributed by atoms with E-state index in [-0.39, 0.29) is 74.2 Å². The van der Waals surface area contributed by atoms with Gasteiger partial charge in [0, 0.05) is 187 Å². The monoisotopic (exact) mass is 1480 g/mol. The molecule has 105 heavy (non-hydrogen) atoms. The minimum absolute atomic E-state index is 0. The third-order valence-corrected chi connectivity index (χ3v) is 15.6. The minimum atomic E-state index is -1.16. The number of amides is 6.